The number of rotatable bonds is 1. The number of carboxylic acid groups (broad SMARTS) is 1. The van der Waals surface area contributed by atoms with Crippen molar-refractivity contribution >= 4 is 12.0 Å². The Labute approximate surface area is 100 Å². The molecule has 2 rings (SSSR count). The third kappa shape index (κ3) is 2.69. The molecule has 0 bridgehead atoms. The molecule has 6 nitrogen and oxygen atoms in total. The number of amides is 2. The maximum Gasteiger partial charge on any atom is 0.407 e. The second kappa shape index (κ2) is 5.35. The van der Waals surface area contributed by atoms with Crippen LogP contribution in [0.2, 0.25) is 0 Å². The molecule has 0 aromatic carbocycles. The lowest BCUT2D eigenvalue weighted by Gasteiger charge is -2.37. The summed E-state index contributed by atoms with van der Waals surface area (Å²) >= 11 is 0. The van der Waals surface area contributed by atoms with Crippen LogP contribution < -0.4 is 0 Å². The van der Waals surface area contributed by atoms with Crippen molar-refractivity contribution in [3.05, 3.63) is 0 Å². The molecule has 2 heterocycles. The van der Waals surface area contributed by atoms with Crippen LogP contribution in [-0.4, -0.2) is 65.8 Å². The Hall–Kier alpha value is -1.30. The SMILES string of the molecule is O=C(C1CCCCN1C(=O)O)N1CCOCC1. The zero-order valence-electron chi connectivity index (χ0n) is 9.80. The van der Waals surface area contributed by atoms with Crippen molar-refractivity contribution in [3.63, 3.8) is 0 Å². The average Bonchev–Trinajstić information content (AvgIpc) is 2.39. The van der Waals surface area contributed by atoms with Gasteiger partial charge in [0.2, 0.25) is 5.91 Å². The molecular formula is C11H18N2O4. The van der Waals surface area contributed by atoms with Gasteiger partial charge in [0.05, 0.1) is 13.2 Å². The van der Waals surface area contributed by atoms with E-state index in [2.05, 4.69) is 0 Å². The van der Waals surface area contributed by atoms with Gasteiger partial charge in [-0.25, -0.2) is 4.79 Å². The molecule has 1 unspecified atom stereocenters. The molecule has 2 fully saturated rings. The molecule has 0 aromatic rings. The molecule has 17 heavy (non-hydrogen) atoms. The third-order valence-corrected chi connectivity index (χ3v) is 3.36. The standard InChI is InChI=1S/C11H18N2O4/c14-10(12-5-7-17-8-6-12)9-3-1-2-4-13(9)11(15)16/h9H,1-8H2,(H,15,16). The minimum Gasteiger partial charge on any atom is -0.465 e. The summed E-state index contributed by atoms with van der Waals surface area (Å²) in [4.78, 5) is 26.3. The highest BCUT2D eigenvalue weighted by Crippen LogP contribution is 2.19. The van der Waals surface area contributed by atoms with Crippen LogP contribution in [0.25, 0.3) is 0 Å². The molecule has 6 heteroatoms. The second-order valence-corrected chi connectivity index (χ2v) is 4.43. The van der Waals surface area contributed by atoms with E-state index in [0.29, 0.717) is 39.3 Å². The number of likely N-dealkylation sites (tertiary alicyclic amines) is 1. The van der Waals surface area contributed by atoms with Gasteiger partial charge in [-0.15, -0.1) is 0 Å². The van der Waals surface area contributed by atoms with Crippen LogP contribution >= 0.6 is 0 Å². The van der Waals surface area contributed by atoms with E-state index in [4.69, 9.17) is 9.84 Å². The molecule has 1 atom stereocenters. The number of carbonyl (C=O) groups is 2. The van der Waals surface area contributed by atoms with Gasteiger partial charge in [0, 0.05) is 19.6 Å². The van der Waals surface area contributed by atoms with Gasteiger partial charge in [0.15, 0.2) is 0 Å². The molecule has 0 aliphatic carbocycles. The van der Waals surface area contributed by atoms with Crippen molar-refractivity contribution in [3.8, 4) is 0 Å². The molecule has 2 aliphatic heterocycles. The van der Waals surface area contributed by atoms with E-state index in [1.54, 1.807) is 4.90 Å². The number of hydrogen-bond acceptors (Lipinski definition) is 3. The largest absolute Gasteiger partial charge is 0.465 e. The van der Waals surface area contributed by atoms with E-state index in [1.807, 2.05) is 0 Å². The predicted octanol–water partition coefficient (Wildman–Crippen LogP) is 0.378. The Morgan fingerprint density at radius 3 is 2.47 bits per heavy atom. The van der Waals surface area contributed by atoms with E-state index in [1.165, 1.54) is 4.90 Å². The maximum absolute atomic E-state index is 12.2. The van der Waals surface area contributed by atoms with E-state index in [9.17, 15) is 9.59 Å². The highest BCUT2D eigenvalue weighted by atomic mass is 16.5. The Kier molecular flexibility index (Phi) is 3.83. The summed E-state index contributed by atoms with van der Waals surface area (Å²) in [5.41, 5.74) is 0. The van der Waals surface area contributed by atoms with Crippen molar-refractivity contribution in [2.75, 3.05) is 32.8 Å². The lowest BCUT2D eigenvalue weighted by atomic mass is 10.0. The van der Waals surface area contributed by atoms with Gasteiger partial charge in [-0.05, 0) is 19.3 Å². The van der Waals surface area contributed by atoms with Crippen LogP contribution in [-0.2, 0) is 9.53 Å². The first kappa shape index (κ1) is 12.2. The molecule has 0 radical (unpaired) electrons. The van der Waals surface area contributed by atoms with Gasteiger partial charge >= 0.3 is 6.09 Å². The Morgan fingerprint density at radius 1 is 1.12 bits per heavy atom. The minimum absolute atomic E-state index is 0.0598. The van der Waals surface area contributed by atoms with Crippen molar-refractivity contribution < 1.29 is 19.4 Å². The first-order valence-electron chi connectivity index (χ1n) is 6.06. The smallest absolute Gasteiger partial charge is 0.407 e. The van der Waals surface area contributed by atoms with Crippen molar-refractivity contribution in [1.29, 1.82) is 0 Å². The molecule has 0 saturated carbocycles. The van der Waals surface area contributed by atoms with Crippen LogP contribution in [0.4, 0.5) is 4.79 Å². The van der Waals surface area contributed by atoms with Crippen LogP contribution in [0.3, 0.4) is 0 Å². The summed E-state index contributed by atoms with van der Waals surface area (Å²) in [6, 6.07) is -0.487. The van der Waals surface area contributed by atoms with Crippen LogP contribution in [0, 0.1) is 0 Å². The first-order valence-corrected chi connectivity index (χ1v) is 6.06. The summed E-state index contributed by atoms with van der Waals surface area (Å²) in [6.07, 6.45) is 1.42. The normalized spacial score (nSPS) is 25.8. The minimum atomic E-state index is -0.990. The summed E-state index contributed by atoms with van der Waals surface area (Å²) < 4.78 is 5.19. The summed E-state index contributed by atoms with van der Waals surface area (Å²) in [5.74, 6) is -0.0598. The Morgan fingerprint density at radius 2 is 1.82 bits per heavy atom. The van der Waals surface area contributed by atoms with Crippen molar-refractivity contribution in [2.24, 2.45) is 0 Å². The van der Waals surface area contributed by atoms with E-state index in [-0.39, 0.29) is 5.91 Å². The molecular weight excluding hydrogens is 224 g/mol. The molecule has 1 N–H and O–H groups in total. The number of piperidine rings is 1. The number of hydrogen-bond donors (Lipinski definition) is 1. The van der Waals surface area contributed by atoms with Crippen LogP contribution in [0.15, 0.2) is 0 Å². The maximum atomic E-state index is 12.2. The number of nitrogens with zero attached hydrogens (tertiary/aromatic N) is 2. The summed E-state index contributed by atoms with van der Waals surface area (Å²) in [5, 5.41) is 9.09. The average molecular weight is 242 g/mol. The predicted molar refractivity (Wildman–Crippen MR) is 59.8 cm³/mol. The third-order valence-electron chi connectivity index (χ3n) is 3.36. The number of carbonyl (C=O) groups excluding carboxylic acids is 1. The molecule has 2 saturated heterocycles. The quantitative estimate of drug-likeness (QED) is 0.721. The zero-order chi connectivity index (χ0) is 12.3. The monoisotopic (exact) mass is 242 g/mol. The second-order valence-electron chi connectivity index (χ2n) is 4.43. The van der Waals surface area contributed by atoms with Gasteiger partial charge in [-0.1, -0.05) is 0 Å². The van der Waals surface area contributed by atoms with E-state index in [0.717, 1.165) is 12.8 Å². The molecule has 2 aliphatic rings. The lowest BCUT2D eigenvalue weighted by molar-refractivity contribution is -0.141. The molecule has 96 valence electrons. The van der Waals surface area contributed by atoms with Gasteiger partial charge in [0.25, 0.3) is 0 Å². The van der Waals surface area contributed by atoms with Gasteiger partial charge < -0.3 is 14.7 Å². The van der Waals surface area contributed by atoms with Crippen molar-refractivity contribution in [2.45, 2.75) is 25.3 Å². The topological polar surface area (TPSA) is 70.1 Å². The lowest BCUT2D eigenvalue weighted by Crippen LogP contribution is -2.54. The highest BCUT2D eigenvalue weighted by molar-refractivity contribution is 5.85. The van der Waals surface area contributed by atoms with Gasteiger partial charge in [-0.2, -0.15) is 0 Å². The fourth-order valence-electron chi connectivity index (χ4n) is 2.41. The summed E-state index contributed by atoms with van der Waals surface area (Å²) in [7, 11) is 0. The summed E-state index contributed by atoms with van der Waals surface area (Å²) in [6.45, 7) is 2.71. The zero-order valence-corrected chi connectivity index (χ0v) is 9.80. The van der Waals surface area contributed by atoms with Crippen LogP contribution in [0.5, 0.6) is 0 Å². The van der Waals surface area contributed by atoms with Gasteiger partial charge in [-0.3, -0.25) is 9.69 Å². The Balaban J connectivity index is 2.02. The number of ether oxygens (including phenoxy) is 1. The van der Waals surface area contributed by atoms with E-state index < -0.39 is 12.1 Å². The molecule has 0 spiro atoms. The fraction of sp³-hybridized carbons (Fsp3) is 0.818. The number of morpholine rings is 1. The van der Waals surface area contributed by atoms with E-state index >= 15 is 0 Å². The van der Waals surface area contributed by atoms with Crippen LogP contribution in [0.1, 0.15) is 19.3 Å². The fourth-order valence-corrected chi connectivity index (χ4v) is 2.41. The molecule has 0 aromatic heterocycles. The van der Waals surface area contributed by atoms with Gasteiger partial charge in [0.1, 0.15) is 6.04 Å². The first-order chi connectivity index (χ1) is 8.20. The Bertz CT molecular complexity index is 302. The molecule has 2 amide bonds. The highest BCUT2D eigenvalue weighted by Gasteiger charge is 2.35. The van der Waals surface area contributed by atoms with Crippen molar-refractivity contribution in [1.82, 2.24) is 9.80 Å².